The minimum atomic E-state index is -1.08. The maximum absolute atomic E-state index is 13.0. The van der Waals surface area contributed by atoms with Gasteiger partial charge < -0.3 is 10.4 Å². The molecular formula is C17H21FN4O3. The fourth-order valence-electron chi connectivity index (χ4n) is 2.38. The average Bonchev–Trinajstić information content (AvgIpc) is 2.94. The predicted molar refractivity (Wildman–Crippen MR) is 88.6 cm³/mol. The number of rotatable bonds is 7. The Kier molecular flexibility index (Phi) is 5.84. The van der Waals surface area contributed by atoms with E-state index >= 15 is 0 Å². The lowest BCUT2D eigenvalue weighted by Crippen LogP contribution is -2.45. The summed E-state index contributed by atoms with van der Waals surface area (Å²) >= 11 is 0. The summed E-state index contributed by atoms with van der Waals surface area (Å²) < 4.78 is 14.5. The van der Waals surface area contributed by atoms with E-state index < -0.39 is 17.9 Å². The first-order valence-corrected chi connectivity index (χ1v) is 8.01. The summed E-state index contributed by atoms with van der Waals surface area (Å²) in [5, 5.41) is 19.6. The van der Waals surface area contributed by atoms with Gasteiger partial charge in [0.25, 0.3) is 5.91 Å². The van der Waals surface area contributed by atoms with Crippen molar-refractivity contribution in [2.24, 2.45) is 5.92 Å². The number of hydrogen-bond acceptors (Lipinski definition) is 4. The number of nitrogens with one attached hydrogen (secondary N) is 1. The van der Waals surface area contributed by atoms with Crippen LogP contribution in [0.2, 0.25) is 0 Å². The summed E-state index contributed by atoms with van der Waals surface area (Å²) in [6, 6.07) is 4.95. The summed E-state index contributed by atoms with van der Waals surface area (Å²) in [6.07, 6.45) is 0.619. The van der Waals surface area contributed by atoms with Gasteiger partial charge in [-0.15, -0.1) is 5.10 Å². The van der Waals surface area contributed by atoms with E-state index in [1.165, 1.54) is 16.8 Å². The Morgan fingerprint density at radius 3 is 2.52 bits per heavy atom. The molecule has 0 aliphatic rings. The minimum absolute atomic E-state index is 0.0802. The van der Waals surface area contributed by atoms with E-state index in [4.69, 9.17) is 0 Å². The second-order valence-corrected chi connectivity index (χ2v) is 5.98. The maximum Gasteiger partial charge on any atom is 0.326 e. The lowest BCUT2D eigenvalue weighted by Gasteiger charge is -2.19. The Morgan fingerprint density at radius 1 is 1.32 bits per heavy atom. The highest BCUT2D eigenvalue weighted by Crippen LogP contribution is 2.12. The number of nitrogens with zero attached hydrogens (tertiary/aromatic N) is 3. The number of carbonyl (C=O) groups excluding carboxylic acids is 1. The zero-order valence-electron chi connectivity index (χ0n) is 14.4. The monoisotopic (exact) mass is 348 g/mol. The number of halogens is 1. The molecule has 0 aliphatic carbocycles. The highest BCUT2D eigenvalue weighted by molar-refractivity contribution is 5.95. The molecule has 8 heteroatoms. The van der Waals surface area contributed by atoms with Gasteiger partial charge in [-0.25, -0.2) is 13.9 Å². The summed E-state index contributed by atoms with van der Waals surface area (Å²) in [5.41, 5.74) is 1.40. The number of carboxylic acid groups (broad SMARTS) is 1. The maximum atomic E-state index is 13.0. The molecule has 2 atom stereocenters. The fourth-order valence-corrected chi connectivity index (χ4v) is 2.38. The highest BCUT2D eigenvalue weighted by atomic mass is 19.1. The molecule has 2 N–H and O–H groups in total. The van der Waals surface area contributed by atoms with Crippen molar-refractivity contribution in [1.29, 1.82) is 0 Å². The van der Waals surface area contributed by atoms with E-state index in [-0.39, 0.29) is 17.4 Å². The van der Waals surface area contributed by atoms with Crippen molar-refractivity contribution in [3.8, 4) is 0 Å². The third-order valence-corrected chi connectivity index (χ3v) is 4.21. The molecule has 1 aromatic heterocycles. The van der Waals surface area contributed by atoms with Crippen molar-refractivity contribution in [1.82, 2.24) is 20.3 Å². The van der Waals surface area contributed by atoms with E-state index in [0.717, 1.165) is 5.56 Å². The van der Waals surface area contributed by atoms with E-state index in [1.807, 2.05) is 6.92 Å². The molecule has 0 saturated heterocycles. The normalized spacial score (nSPS) is 13.3. The van der Waals surface area contributed by atoms with Gasteiger partial charge in [0.2, 0.25) is 0 Å². The van der Waals surface area contributed by atoms with Crippen LogP contribution in [0.15, 0.2) is 24.3 Å². The molecule has 0 spiro atoms. The number of carboxylic acids is 1. The van der Waals surface area contributed by atoms with E-state index in [2.05, 4.69) is 15.6 Å². The molecule has 1 amide bonds. The number of carbonyl (C=O) groups is 2. The van der Waals surface area contributed by atoms with Crippen LogP contribution in [0.1, 0.15) is 42.0 Å². The van der Waals surface area contributed by atoms with Crippen molar-refractivity contribution in [2.75, 3.05) is 0 Å². The van der Waals surface area contributed by atoms with Crippen LogP contribution in [0.25, 0.3) is 0 Å². The fraction of sp³-hybridized carbons (Fsp3) is 0.412. The molecule has 0 radical (unpaired) electrons. The van der Waals surface area contributed by atoms with Crippen LogP contribution in [0, 0.1) is 18.7 Å². The SMILES string of the molecule is CC[C@H](C)[C@H](NC(=O)c1nnn(Cc2ccc(F)cc2)c1C)C(=O)O. The molecule has 2 rings (SSSR count). The Hall–Kier alpha value is -2.77. The largest absolute Gasteiger partial charge is 0.480 e. The highest BCUT2D eigenvalue weighted by Gasteiger charge is 2.27. The number of hydrogen-bond donors (Lipinski definition) is 2. The van der Waals surface area contributed by atoms with Gasteiger partial charge in [0.05, 0.1) is 12.2 Å². The van der Waals surface area contributed by atoms with Crippen molar-refractivity contribution in [3.63, 3.8) is 0 Å². The predicted octanol–water partition coefficient (Wildman–Crippen LogP) is 2.00. The van der Waals surface area contributed by atoms with Crippen LogP contribution < -0.4 is 5.32 Å². The van der Waals surface area contributed by atoms with E-state index in [9.17, 15) is 19.1 Å². The van der Waals surface area contributed by atoms with Crippen molar-refractivity contribution in [2.45, 2.75) is 39.8 Å². The second kappa shape index (κ2) is 7.87. The smallest absolute Gasteiger partial charge is 0.326 e. The first-order valence-electron chi connectivity index (χ1n) is 8.01. The Bertz CT molecular complexity index is 758. The molecular weight excluding hydrogens is 327 g/mol. The average molecular weight is 348 g/mol. The first-order chi connectivity index (χ1) is 11.8. The van der Waals surface area contributed by atoms with Crippen LogP contribution in [0.5, 0.6) is 0 Å². The van der Waals surface area contributed by atoms with E-state index in [0.29, 0.717) is 18.7 Å². The molecule has 1 heterocycles. The van der Waals surface area contributed by atoms with Gasteiger partial charge in [-0.3, -0.25) is 4.79 Å². The quantitative estimate of drug-likeness (QED) is 0.798. The summed E-state index contributed by atoms with van der Waals surface area (Å²) in [7, 11) is 0. The molecule has 0 unspecified atom stereocenters. The lowest BCUT2D eigenvalue weighted by molar-refractivity contribution is -0.140. The van der Waals surface area contributed by atoms with Crippen LogP contribution in [-0.2, 0) is 11.3 Å². The molecule has 0 saturated carbocycles. The third kappa shape index (κ3) is 4.40. The molecule has 0 aliphatic heterocycles. The number of aromatic nitrogens is 3. The van der Waals surface area contributed by atoms with Gasteiger partial charge in [0.1, 0.15) is 11.9 Å². The first kappa shape index (κ1) is 18.6. The molecule has 134 valence electrons. The van der Waals surface area contributed by atoms with Gasteiger partial charge in [-0.05, 0) is 30.5 Å². The minimum Gasteiger partial charge on any atom is -0.480 e. The van der Waals surface area contributed by atoms with Crippen LogP contribution >= 0.6 is 0 Å². The van der Waals surface area contributed by atoms with Gasteiger partial charge in [-0.1, -0.05) is 37.6 Å². The van der Waals surface area contributed by atoms with Crippen LogP contribution in [-0.4, -0.2) is 38.0 Å². The van der Waals surface area contributed by atoms with Crippen LogP contribution in [0.4, 0.5) is 4.39 Å². The molecule has 0 bridgehead atoms. The molecule has 0 fully saturated rings. The Morgan fingerprint density at radius 2 is 1.96 bits per heavy atom. The van der Waals surface area contributed by atoms with Crippen molar-refractivity contribution < 1.29 is 19.1 Å². The van der Waals surface area contributed by atoms with Crippen LogP contribution in [0.3, 0.4) is 0 Å². The molecule has 25 heavy (non-hydrogen) atoms. The van der Waals surface area contributed by atoms with Gasteiger partial charge in [0, 0.05) is 0 Å². The molecule has 1 aromatic carbocycles. The second-order valence-electron chi connectivity index (χ2n) is 5.98. The van der Waals surface area contributed by atoms with Gasteiger partial charge in [-0.2, -0.15) is 0 Å². The molecule has 7 nitrogen and oxygen atoms in total. The van der Waals surface area contributed by atoms with Crippen molar-refractivity contribution in [3.05, 3.63) is 47.0 Å². The summed E-state index contributed by atoms with van der Waals surface area (Å²) in [5.74, 6) is -2.20. The van der Waals surface area contributed by atoms with E-state index in [1.54, 1.807) is 26.0 Å². The topological polar surface area (TPSA) is 97.1 Å². The third-order valence-electron chi connectivity index (χ3n) is 4.21. The number of benzene rings is 1. The Balaban J connectivity index is 2.15. The zero-order chi connectivity index (χ0) is 18.6. The summed E-state index contributed by atoms with van der Waals surface area (Å²) in [6.45, 7) is 5.63. The van der Waals surface area contributed by atoms with Gasteiger partial charge >= 0.3 is 5.97 Å². The van der Waals surface area contributed by atoms with Gasteiger partial charge in [0.15, 0.2) is 5.69 Å². The number of amides is 1. The summed E-state index contributed by atoms with van der Waals surface area (Å²) in [4.78, 5) is 23.7. The van der Waals surface area contributed by atoms with Crippen molar-refractivity contribution >= 4 is 11.9 Å². The zero-order valence-corrected chi connectivity index (χ0v) is 14.4. The Labute approximate surface area is 144 Å². The standard InChI is InChI=1S/C17H21FN4O3/c1-4-10(2)14(17(24)25)19-16(23)15-11(3)22(21-20-15)9-12-5-7-13(18)8-6-12/h5-8,10,14H,4,9H2,1-3H3,(H,19,23)(H,24,25)/t10-,14-/m0/s1. The number of aliphatic carboxylic acids is 1. The lowest BCUT2D eigenvalue weighted by atomic mass is 9.99. The molecule has 2 aromatic rings.